The van der Waals surface area contributed by atoms with E-state index in [0.29, 0.717) is 37.5 Å². The first-order chi connectivity index (χ1) is 13.6. The Labute approximate surface area is 179 Å². The predicted molar refractivity (Wildman–Crippen MR) is 105 cm³/mol. The molecule has 1 N–H and O–H groups in total. The largest absolute Gasteiger partial charge is 1.00 e. The lowest BCUT2D eigenvalue weighted by atomic mass is 9.85. The summed E-state index contributed by atoms with van der Waals surface area (Å²) in [6, 6.07) is 7.48. The first kappa shape index (κ1) is 23.5. The molecule has 0 bridgehead atoms. The van der Waals surface area contributed by atoms with Gasteiger partial charge in [-0.15, -0.1) is 0 Å². The van der Waals surface area contributed by atoms with E-state index in [1.165, 1.54) is 24.2 Å². The molecule has 7 heteroatoms. The molecule has 1 aromatic carbocycles. The molecule has 1 aromatic rings. The Hall–Kier alpha value is -1.79. The lowest BCUT2D eigenvalue weighted by molar-refractivity contribution is -0.878. The van der Waals surface area contributed by atoms with Crippen LogP contribution in [-0.2, 0) is 14.3 Å². The summed E-state index contributed by atoms with van der Waals surface area (Å²) in [6.07, 6.45) is 6.42. The molecule has 1 fully saturated rings. The number of esters is 1. The summed E-state index contributed by atoms with van der Waals surface area (Å²) in [7, 11) is 2.02. The fourth-order valence-electron chi connectivity index (χ4n) is 3.81. The summed E-state index contributed by atoms with van der Waals surface area (Å²) in [4.78, 5) is 25.5. The van der Waals surface area contributed by atoms with Gasteiger partial charge in [-0.2, -0.15) is 0 Å². The summed E-state index contributed by atoms with van der Waals surface area (Å²) in [5.41, 5.74) is 0. The Morgan fingerprint density at radius 2 is 1.76 bits per heavy atom. The summed E-state index contributed by atoms with van der Waals surface area (Å²) in [5, 5.41) is 0. The molecule has 0 aromatic heterocycles. The molecule has 2 unspecified atom stereocenters. The second-order valence-electron chi connectivity index (χ2n) is 7.94. The topological polar surface area (TPSA) is 66.3 Å². The van der Waals surface area contributed by atoms with Gasteiger partial charge < -0.3 is 31.5 Å². The highest BCUT2D eigenvalue weighted by Gasteiger charge is 2.23. The quantitative estimate of drug-likeness (QED) is 0.504. The molecule has 1 aliphatic heterocycles. The van der Waals surface area contributed by atoms with Crippen molar-refractivity contribution in [1.82, 2.24) is 0 Å². The van der Waals surface area contributed by atoms with E-state index < -0.39 is 0 Å². The normalized spacial score (nSPS) is 19.7. The van der Waals surface area contributed by atoms with Crippen molar-refractivity contribution < 1.29 is 41.1 Å². The van der Waals surface area contributed by atoms with Gasteiger partial charge in [0.15, 0.2) is 17.6 Å². The average Bonchev–Trinajstić information content (AvgIpc) is 2.75. The van der Waals surface area contributed by atoms with E-state index in [-0.39, 0.29) is 37.0 Å². The Bertz CT molecular complexity index is 662. The molecular weight excluding hydrogens is 394 g/mol. The molecule has 162 valence electrons. The number of benzene rings is 1. The van der Waals surface area contributed by atoms with Crippen LogP contribution in [0.5, 0.6) is 11.5 Å². The number of ketones is 1. The zero-order valence-corrected chi connectivity index (χ0v) is 17.9. The van der Waals surface area contributed by atoms with Gasteiger partial charge in [0.25, 0.3) is 0 Å². The summed E-state index contributed by atoms with van der Waals surface area (Å²) < 4.78 is 16.7. The highest BCUT2D eigenvalue weighted by Crippen LogP contribution is 2.30. The van der Waals surface area contributed by atoms with Crippen LogP contribution >= 0.6 is 0 Å². The van der Waals surface area contributed by atoms with E-state index in [2.05, 4.69) is 0 Å². The van der Waals surface area contributed by atoms with Crippen LogP contribution in [0.25, 0.3) is 0 Å². The first-order valence-corrected chi connectivity index (χ1v) is 10.5. The molecule has 1 heterocycles. The minimum absolute atomic E-state index is 0. The van der Waals surface area contributed by atoms with Crippen molar-refractivity contribution in [2.45, 2.75) is 51.0 Å². The smallest absolute Gasteiger partial charge is 0.311 e. The monoisotopic (exact) mass is 425 g/mol. The van der Waals surface area contributed by atoms with E-state index in [1.54, 1.807) is 0 Å². The number of nitrogens with one attached hydrogen (secondary N) is 1. The molecule has 2 atom stereocenters. The SMILES string of the molecule is C[NH+](CCC(=O)OCC1COc2ccccc2O1)CCC(=O)C1CCCCC1.[Cl-]. The van der Waals surface area contributed by atoms with E-state index in [1.807, 2.05) is 31.3 Å². The summed E-state index contributed by atoms with van der Waals surface area (Å²) >= 11 is 0. The minimum Gasteiger partial charge on any atom is -1.00 e. The Balaban J connectivity index is 0.00000300. The molecule has 2 aliphatic rings. The third-order valence-electron chi connectivity index (χ3n) is 5.61. The van der Waals surface area contributed by atoms with Crippen molar-refractivity contribution in [2.24, 2.45) is 5.92 Å². The van der Waals surface area contributed by atoms with Crippen molar-refractivity contribution in [3.8, 4) is 11.5 Å². The zero-order valence-electron chi connectivity index (χ0n) is 17.2. The van der Waals surface area contributed by atoms with Crippen LogP contribution < -0.4 is 26.8 Å². The van der Waals surface area contributed by atoms with Gasteiger partial charge in [0, 0.05) is 5.92 Å². The third kappa shape index (κ3) is 7.52. The van der Waals surface area contributed by atoms with Gasteiger partial charge in [-0.3, -0.25) is 9.59 Å². The number of halogens is 1. The van der Waals surface area contributed by atoms with E-state index >= 15 is 0 Å². The standard InChI is InChI=1S/C22H31NO5.ClH/c1-23(13-11-19(24)17-7-3-2-4-8-17)14-12-22(25)27-16-18-15-26-20-9-5-6-10-21(20)28-18;/h5-6,9-10,17-18H,2-4,7-8,11-16H2,1H3;1H. The van der Waals surface area contributed by atoms with Crippen molar-refractivity contribution in [2.75, 3.05) is 33.4 Å². The maximum atomic E-state index is 12.3. The van der Waals surface area contributed by atoms with Crippen LogP contribution in [0.4, 0.5) is 0 Å². The fraction of sp³-hybridized carbons (Fsp3) is 0.636. The number of Topliss-reactive ketones (excluding diaryl/α,β-unsaturated/α-hetero) is 1. The van der Waals surface area contributed by atoms with E-state index in [0.717, 1.165) is 25.1 Å². The second kappa shape index (κ2) is 12.0. The summed E-state index contributed by atoms with van der Waals surface area (Å²) in [5.74, 6) is 1.84. The molecule has 0 amide bonds. The average molecular weight is 426 g/mol. The molecule has 29 heavy (non-hydrogen) atoms. The number of hydrogen-bond donors (Lipinski definition) is 1. The minimum atomic E-state index is -0.281. The number of carbonyl (C=O) groups excluding carboxylic acids is 2. The maximum absolute atomic E-state index is 12.3. The molecule has 0 spiro atoms. The van der Waals surface area contributed by atoms with Gasteiger partial charge in [0.05, 0.1) is 33.0 Å². The second-order valence-corrected chi connectivity index (χ2v) is 7.94. The van der Waals surface area contributed by atoms with Gasteiger partial charge in [-0.25, -0.2) is 0 Å². The first-order valence-electron chi connectivity index (χ1n) is 10.5. The van der Waals surface area contributed by atoms with Gasteiger partial charge in [-0.1, -0.05) is 31.4 Å². The summed E-state index contributed by atoms with van der Waals surface area (Å²) in [6.45, 7) is 2.01. The molecule has 3 rings (SSSR count). The number of quaternary nitrogens is 1. The van der Waals surface area contributed by atoms with Crippen molar-refractivity contribution in [1.29, 1.82) is 0 Å². The van der Waals surface area contributed by atoms with E-state index in [9.17, 15) is 9.59 Å². The molecule has 0 saturated heterocycles. The number of fused-ring (bicyclic) bond motifs is 1. The van der Waals surface area contributed by atoms with Crippen LogP contribution in [0.2, 0.25) is 0 Å². The number of para-hydroxylation sites is 2. The lowest BCUT2D eigenvalue weighted by Gasteiger charge is -2.26. The number of ether oxygens (including phenoxy) is 3. The Morgan fingerprint density at radius 1 is 1.07 bits per heavy atom. The third-order valence-corrected chi connectivity index (χ3v) is 5.61. The van der Waals surface area contributed by atoms with Crippen molar-refractivity contribution in [3.05, 3.63) is 24.3 Å². The number of rotatable bonds is 9. The van der Waals surface area contributed by atoms with Crippen LogP contribution in [0.15, 0.2) is 24.3 Å². The van der Waals surface area contributed by atoms with Crippen molar-refractivity contribution >= 4 is 11.8 Å². The van der Waals surface area contributed by atoms with Gasteiger partial charge in [-0.05, 0) is 25.0 Å². The van der Waals surface area contributed by atoms with Gasteiger partial charge >= 0.3 is 5.97 Å². The fourth-order valence-corrected chi connectivity index (χ4v) is 3.81. The highest BCUT2D eigenvalue weighted by atomic mass is 35.5. The molecule has 0 radical (unpaired) electrons. The van der Waals surface area contributed by atoms with Crippen LogP contribution in [0.3, 0.4) is 0 Å². The van der Waals surface area contributed by atoms with Gasteiger partial charge in [0.1, 0.15) is 19.0 Å². The van der Waals surface area contributed by atoms with Crippen LogP contribution in [0, 0.1) is 5.92 Å². The predicted octanol–water partition coefficient (Wildman–Crippen LogP) is -1.18. The highest BCUT2D eigenvalue weighted by molar-refractivity contribution is 5.81. The lowest BCUT2D eigenvalue weighted by Crippen LogP contribution is -3.09. The van der Waals surface area contributed by atoms with Gasteiger partial charge in [0.2, 0.25) is 0 Å². The van der Waals surface area contributed by atoms with Crippen molar-refractivity contribution in [3.63, 3.8) is 0 Å². The zero-order chi connectivity index (χ0) is 19.8. The number of carbonyl (C=O) groups is 2. The van der Waals surface area contributed by atoms with E-state index in [4.69, 9.17) is 14.2 Å². The van der Waals surface area contributed by atoms with Crippen LogP contribution in [-0.4, -0.2) is 51.2 Å². The van der Waals surface area contributed by atoms with Crippen LogP contribution in [0.1, 0.15) is 44.9 Å². The Morgan fingerprint density at radius 3 is 2.52 bits per heavy atom. The molecule has 1 aliphatic carbocycles. The molecule has 1 saturated carbocycles. The molecule has 6 nitrogen and oxygen atoms in total. The maximum Gasteiger partial charge on any atom is 0.311 e. The Kier molecular flexibility index (Phi) is 9.74. The molecular formula is C22H32ClNO5. The number of hydrogen-bond acceptors (Lipinski definition) is 5.